The summed E-state index contributed by atoms with van der Waals surface area (Å²) in [6, 6.07) is 10.8. The monoisotopic (exact) mass is 430 g/mol. The van der Waals surface area contributed by atoms with Crippen LogP contribution in [0.4, 0.5) is 28.9 Å². The number of carbonyl (C=O) groups excluding carboxylic acids is 2. The summed E-state index contributed by atoms with van der Waals surface area (Å²) in [4.78, 5) is 24.1. The van der Waals surface area contributed by atoms with Crippen molar-refractivity contribution in [3.8, 4) is 5.75 Å². The fraction of sp³-hybridized carbons (Fsp3) is 0.263. The molecule has 0 radical (unpaired) electrons. The first kappa shape index (κ1) is 22.5. The molecular formula is C19H18F4N2O3S. The maximum atomic E-state index is 12.8. The van der Waals surface area contributed by atoms with Crippen LogP contribution in [-0.4, -0.2) is 35.6 Å². The van der Waals surface area contributed by atoms with Crippen LogP contribution in [-0.2, 0) is 9.59 Å². The molecule has 0 saturated carbocycles. The van der Waals surface area contributed by atoms with Gasteiger partial charge in [-0.3, -0.25) is 9.59 Å². The predicted octanol–water partition coefficient (Wildman–Crippen LogP) is 4.47. The van der Waals surface area contributed by atoms with Crippen molar-refractivity contribution in [3.05, 3.63) is 54.3 Å². The topological polar surface area (TPSA) is 67.4 Å². The molecule has 29 heavy (non-hydrogen) atoms. The van der Waals surface area contributed by atoms with Crippen molar-refractivity contribution in [2.24, 2.45) is 0 Å². The van der Waals surface area contributed by atoms with Crippen LogP contribution in [0.5, 0.6) is 5.75 Å². The summed E-state index contributed by atoms with van der Waals surface area (Å²) in [5.74, 6) is -1.08. The Hall–Kier alpha value is -2.75. The van der Waals surface area contributed by atoms with E-state index in [1.165, 1.54) is 48.5 Å². The van der Waals surface area contributed by atoms with Crippen molar-refractivity contribution in [2.75, 3.05) is 23.0 Å². The molecule has 2 aromatic carbocycles. The molecule has 0 saturated heterocycles. The molecule has 2 aromatic rings. The summed E-state index contributed by atoms with van der Waals surface area (Å²) >= 11 is 1.10. The van der Waals surface area contributed by atoms with Crippen LogP contribution in [0.2, 0.25) is 0 Å². The van der Waals surface area contributed by atoms with Crippen molar-refractivity contribution in [1.82, 2.24) is 0 Å². The van der Waals surface area contributed by atoms with Crippen molar-refractivity contribution in [2.45, 2.75) is 18.3 Å². The highest BCUT2D eigenvalue weighted by Crippen LogP contribution is 2.21. The highest BCUT2D eigenvalue weighted by Gasteiger charge is 2.28. The number of alkyl halides is 3. The summed E-state index contributed by atoms with van der Waals surface area (Å²) in [6.07, 6.45) is -4.43. The number of hydrogen-bond donors (Lipinski definition) is 2. The quantitative estimate of drug-likeness (QED) is 0.607. The van der Waals surface area contributed by atoms with Crippen LogP contribution in [0.25, 0.3) is 0 Å². The smallest absolute Gasteiger partial charge is 0.422 e. The van der Waals surface area contributed by atoms with Crippen LogP contribution < -0.4 is 15.4 Å². The van der Waals surface area contributed by atoms with E-state index in [2.05, 4.69) is 15.4 Å². The van der Waals surface area contributed by atoms with E-state index < -0.39 is 23.9 Å². The summed E-state index contributed by atoms with van der Waals surface area (Å²) < 4.78 is 53.8. The lowest BCUT2D eigenvalue weighted by atomic mass is 10.3. The highest BCUT2D eigenvalue weighted by atomic mass is 32.2. The lowest BCUT2D eigenvalue weighted by Gasteiger charge is -2.13. The third-order valence-corrected chi connectivity index (χ3v) is 4.63. The van der Waals surface area contributed by atoms with E-state index >= 15 is 0 Å². The normalized spacial score (nSPS) is 12.2. The zero-order chi connectivity index (χ0) is 21.4. The van der Waals surface area contributed by atoms with Crippen molar-refractivity contribution in [3.63, 3.8) is 0 Å². The van der Waals surface area contributed by atoms with Gasteiger partial charge in [-0.15, -0.1) is 11.8 Å². The molecule has 0 aromatic heterocycles. The minimum absolute atomic E-state index is 0.0101. The molecule has 0 aliphatic carbocycles. The molecule has 2 N–H and O–H groups in total. The van der Waals surface area contributed by atoms with Crippen LogP contribution in [0.3, 0.4) is 0 Å². The molecule has 0 aliphatic heterocycles. The maximum Gasteiger partial charge on any atom is 0.422 e. The fourth-order valence-electron chi connectivity index (χ4n) is 2.05. The van der Waals surface area contributed by atoms with Gasteiger partial charge in [0.1, 0.15) is 11.6 Å². The van der Waals surface area contributed by atoms with Gasteiger partial charge in [0.15, 0.2) is 6.61 Å². The Balaban J connectivity index is 1.76. The Bertz CT molecular complexity index is 827. The molecule has 10 heteroatoms. The third kappa shape index (κ3) is 8.43. The van der Waals surface area contributed by atoms with E-state index in [0.717, 1.165) is 11.8 Å². The van der Waals surface area contributed by atoms with Gasteiger partial charge in [-0.25, -0.2) is 4.39 Å². The molecule has 0 bridgehead atoms. The number of rotatable bonds is 8. The summed E-state index contributed by atoms with van der Waals surface area (Å²) in [5.41, 5.74) is 0.833. The van der Waals surface area contributed by atoms with Gasteiger partial charge in [0.25, 0.3) is 0 Å². The molecule has 0 heterocycles. The Morgan fingerprint density at radius 1 is 1.00 bits per heavy atom. The van der Waals surface area contributed by atoms with Crippen molar-refractivity contribution < 1.29 is 31.9 Å². The molecule has 1 atom stereocenters. The van der Waals surface area contributed by atoms with Gasteiger partial charge in [0.05, 0.1) is 11.0 Å². The molecule has 0 aliphatic rings. The second-order valence-electron chi connectivity index (χ2n) is 5.93. The second kappa shape index (κ2) is 10.1. The van der Waals surface area contributed by atoms with Gasteiger partial charge in [0, 0.05) is 11.4 Å². The van der Waals surface area contributed by atoms with E-state index in [9.17, 15) is 27.2 Å². The van der Waals surface area contributed by atoms with Gasteiger partial charge in [0.2, 0.25) is 11.8 Å². The van der Waals surface area contributed by atoms with Crippen LogP contribution >= 0.6 is 11.8 Å². The highest BCUT2D eigenvalue weighted by molar-refractivity contribution is 8.01. The second-order valence-corrected chi connectivity index (χ2v) is 7.25. The number of carbonyl (C=O) groups is 2. The first-order valence-electron chi connectivity index (χ1n) is 8.40. The van der Waals surface area contributed by atoms with Gasteiger partial charge in [-0.2, -0.15) is 13.2 Å². The molecule has 156 valence electrons. The zero-order valence-corrected chi connectivity index (χ0v) is 16.1. The molecule has 0 spiro atoms. The van der Waals surface area contributed by atoms with E-state index in [-0.39, 0.29) is 23.3 Å². The Morgan fingerprint density at radius 2 is 1.55 bits per heavy atom. The van der Waals surface area contributed by atoms with Crippen LogP contribution in [0.1, 0.15) is 6.92 Å². The summed E-state index contributed by atoms with van der Waals surface area (Å²) in [7, 11) is 0. The summed E-state index contributed by atoms with van der Waals surface area (Å²) in [5, 5.41) is 4.64. The number of hydrogen-bond acceptors (Lipinski definition) is 4. The molecule has 0 fully saturated rings. The third-order valence-electron chi connectivity index (χ3n) is 3.49. The zero-order valence-electron chi connectivity index (χ0n) is 15.3. The number of nitrogens with one attached hydrogen (secondary N) is 2. The Kier molecular flexibility index (Phi) is 7.89. The standard InChI is InChI=1S/C19H18F4N2O3S/c1-12(29-10-17(26)24-14-4-2-13(20)3-5-14)18(27)25-15-6-8-16(9-7-15)28-11-19(21,22)23/h2-9,12H,10-11H2,1H3,(H,24,26)(H,25,27). The largest absolute Gasteiger partial charge is 0.484 e. The van der Waals surface area contributed by atoms with Crippen LogP contribution in [0, 0.1) is 5.82 Å². The number of thioether (sulfide) groups is 1. The Morgan fingerprint density at radius 3 is 2.14 bits per heavy atom. The first-order valence-corrected chi connectivity index (χ1v) is 9.45. The number of anilines is 2. The lowest BCUT2D eigenvalue weighted by Crippen LogP contribution is -2.25. The van der Waals surface area contributed by atoms with Gasteiger partial charge in [-0.1, -0.05) is 0 Å². The number of ether oxygens (including phenoxy) is 1. The maximum absolute atomic E-state index is 12.8. The fourth-order valence-corrected chi connectivity index (χ4v) is 2.73. The van der Waals surface area contributed by atoms with E-state index in [1.807, 2.05) is 0 Å². The van der Waals surface area contributed by atoms with E-state index in [4.69, 9.17) is 0 Å². The van der Waals surface area contributed by atoms with Crippen LogP contribution in [0.15, 0.2) is 48.5 Å². The number of halogens is 4. The first-order chi connectivity index (χ1) is 13.6. The van der Waals surface area contributed by atoms with Gasteiger partial charge >= 0.3 is 6.18 Å². The van der Waals surface area contributed by atoms with Gasteiger partial charge in [-0.05, 0) is 55.5 Å². The minimum atomic E-state index is -4.43. The summed E-state index contributed by atoms with van der Waals surface area (Å²) in [6.45, 7) is 0.221. The van der Waals surface area contributed by atoms with Crippen molar-refractivity contribution in [1.29, 1.82) is 0 Å². The molecule has 2 rings (SSSR count). The van der Waals surface area contributed by atoms with E-state index in [1.54, 1.807) is 6.92 Å². The van der Waals surface area contributed by atoms with E-state index in [0.29, 0.717) is 11.4 Å². The Labute approximate surface area is 168 Å². The SMILES string of the molecule is CC(SCC(=O)Nc1ccc(F)cc1)C(=O)Nc1ccc(OCC(F)(F)F)cc1. The predicted molar refractivity (Wildman–Crippen MR) is 104 cm³/mol. The molecule has 5 nitrogen and oxygen atoms in total. The number of amides is 2. The molecule has 2 amide bonds. The van der Waals surface area contributed by atoms with Gasteiger partial charge < -0.3 is 15.4 Å². The number of benzene rings is 2. The minimum Gasteiger partial charge on any atom is -0.484 e. The van der Waals surface area contributed by atoms with Crippen molar-refractivity contribution >= 4 is 35.0 Å². The lowest BCUT2D eigenvalue weighted by molar-refractivity contribution is -0.153. The average molecular weight is 430 g/mol. The molecule has 1 unspecified atom stereocenters. The molecular weight excluding hydrogens is 412 g/mol. The average Bonchev–Trinajstić information content (AvgIpc) is 2.66.